The lowest BCUT2D eigenvalue weighted by Gasteiger charge is -2.21. The zero-order valence-electron chi connectivity index (χ0n) is 13.8. The van der Waals surface area contributed by atoms with E-state index in [0.717, 1.165) is 12.8 Å². The van der Waals surface area contributed by atoms with Crippen molar-refractivity contribution in [3.63, 3.8) is 0 Å². The number of anilines is 1. The standard InChI is InChI=1S/C17H13ClF2N4O3/c18-10-2-1-3-11(6-10)24(17(25)9-4-5-9)8-12-7-13(23-27-12)15-21-22-16(26-15)14(19)20/h1-3,6-7,9,14H,4-5,8H2. The Bertz CT molecular complexity index is 971. The fourth-order valence-corrected chi connectivity index (χ4v) is 2.75. The smallest absolute Gasteiger partial charge is 0.314 e. The van der Waals surface area contributed by atoms with Gasteiger partial charge < -0.3 is 13.8 Å². The van der Waals surface area contributed by atoms with Crippen LogP contribution in [0.1, 0.15) is 30.9 Å². The second-order valence-electron chi connectivity index (χ2n) is 6.10. The van der Waals surface area contributed by atoms with Crippen LogP contribution >= 0.6 is 11.6 Å². The maximum Gasteiger partial charge on any atom is 0.314 e. The number of benzene rings is 1. The fourth-order valence-electron chi connectivity index (χ4n) is 2.56. The van der Waals surface area contributed by atoms with Crippen molar-refractivity contribution in [3.8, 4) is 11.6 Å². The molecule has 1 aliphatic carbocycles. The minimum atomic E-state index is -2.87. The van der Waals surface area contributed by atoms with E-state index in [-0.39, 0.29) is 30.0 Å². The molecule has 1 amide bonds. The van der Waals surface area contributed by atoms with Crippen molar-refractivity contribution < 1.29 is 22.5 Å². The minimum absolute atomic E-state index is 0.0177. The van der Waals surface area contributed by atoms with Gasteiger partial charge in [0.25, 0.3) is 11.8 Å². The number of hydrogen-bond acceptors (Lipinski definition) is 6. The van der Waals surface area contributed by atoms with Gasteiger partial charge in [-0.1, -0.05) is 22.8 Å². The third kappa shape index (κ3) is 3.82. The van der Waals surface area contributed by atoms with Gasteiger partial charge in [-0.05, 0) is 31.0 Å². The largest absolute Gasteiger partial charge is 0.413 e. The van der Waals surface area contributed by atoms with Crippen LogP contribution in [0.25, 0.3) is 11.6 Å². The van der Waals surface area contributed by atoms with Crippen LogP contribution in [0.15, 0.2) is 39.3 Å². The first-order valence-electron chi connectivity index (χ1n) is 8.15. The van der Waals surface area contributed by atoms with E-state index in [1.165, 1.54) is 6.07 Å². The maximum atomic E-state index is 12.7. The Morgan fingerprint density at radius 1 is 1.30 bits per heavy atom. The van der Waals surface area contributed by atoms with E-state index in [0.29, 0.717) is 16.5 Å². The second kappa shape index (κ2) is 7.07. The monoisotopic (exact) mass is 394 g/mol. The topological polar surface area (TPSA) is 85.3 Å². The summed E-state index contributed by atoms with van der Waals surface area (Å²) in [6, 6.07) is 8.40. The molecule has 1 aromatic carbocycles. The summed E-state index contributed by atoms with van der Waals surface area (Å²) in [6.07, 6.45) is -1.18. The highest BCUT2D eigenvalue weighted by Crippen LogP contribution is 2.34. The highest BCUT2D eigenvalue weighted by molar-refractivity contribution is 6.30. The normalized spacial score (nSPS) is 13.9. The van der Waals surface area contributed by atoms with Crippen LogP contribution < -0.4 is 4.90 Å². The molecule has 0 unspecified atom stereocenters. The zero-order valence-corrected chi connectivity index (χ0v) is 14.6. The lowest BCUT2D eigenvalue weighted by atomic mass is 10.2. The van der Waals surface area contributed by atoms with Gasteiger partial charge in [0.1, 0.15) is 0 Å². The van der Waals surface area contributed by atoms with Crippen LogP contribution in [0.2, 0.25) is 5.02 Å². The molecule has 4 rings (SSSR count). The Labute approximate surface area is 156 Å². The van der Waals surface area contributed by atoms with E-state index in [9.17, 15) is 13.6 Å². The first kappa shape index (κ1) is 17.6. The Morgan fingerprint density at radius 3 is 2.78 bits per heavy atom. The Kier molecular flexibility index (Phi) is 4.61. The zero-order chi connectivity index (χ0) is 19.0. The third-order valence-electron chi connectivity index (χ3n) is 4.03. The van der Waals surface area contributed by atoms with Crippen LogP contribution in [0.3, 0.4) is 0 Å². The number of alkyl halides is 2. The summed E-state index contributed by atoms with van der Waals surface area (Å²) in [4.78, 5) is 14.2. The molecule has 10 heteroatoms. The number of carbonyl (C=O) groups excluding carboxylic acids is 1. The van der Waals surface area contributed by atoms with Gasteiger partial charge in [-0.2, -0.15) is 8.78 Å². The molecule has 1 saturated carbocycles. The van der Waals surface area contributed by atoms with Crippen molar-refractivity contribution in [2.75, 3.05) is 4.90 Å². The quantitative estimate of drug-likeness (QED) is 0.621. The van der Waals surface area contributed by atoms with Gasteiger partial charge >= 0.3 is 6.43 Å². The molecule has 1 fully saturated rings. The van der Waals surface area contributed by atoms with Crippen molar-refractivity contribution in [1.29, 1.82) is 0 Å². The summed E-state index contributed by atoms with van der Waals surface area (Å²) in [7, 11) is 0. The van der Waals surface area contributed by atoms with Crippen molar-refractivity contribution in [1.82, 2.24) is 15.4 Å². The average Bonchev–Trinajstić information content (AvgIpc) is 3.18. The van der Waals surface area contributed by atoms with Gasteiger partial charge in [0.2, 0.25) is 5.91 Å². The van der Waals surface area contributed by atoms with Crippen molar-refractivity contribution in [2.24, 2.45) is 5.92 Å². The van der Waals surface area contributed by atoms with Gasteiger partial charge in [0, 0.05) is 22.7 Å². The van der Waals surface area contributed by atoms with Gasteiger partial charge in [-0.25, -0.2) is 0 Å². The molecule has 2 heterocycles. The highest BCUT2D eigenvalue weighted by atomic mass is 35.5. The number of nitrogens with zero attached hydrogens (tertiary/aromatic N) is 4. The third-order valence-corrected chi connectivity index (χ3v) is 4.27. The molecule has 0 saturated heterocycles. The molecule has 0 bridgehead atoms. The first-order chi connectivity index (χ1) is 13.0. The summed E-state index contributed by atoms with van der Waals surface area (Å²) in [5, 5.41) is 11.0. The maximum absolute atomic E-state index is 12.7. The van der Waals surface area contributed by atoms with Gasteiger partial charge in [0.15, 0.2) is 11.5 Å². The lowest BCUT2D eigenvalue weighted by Crippen LogP contribution is -2.31. The molecule has 0 N–H and O–H groups in total. The SMILES string of the molecule is O=C(C1CC1)N(Cc1cc(-c2nnc(C(F)F)o2)no1)c1cccc(Cl)c1. The molecule has 140 valence electrons. The van der Waals surface area contributed by atoms with Crippen LogP contribution in [0.4, 0.5) is 14.5 Å². The summed E-state index contributed by atoms with van der Waals surface area (Å²) >= 11 is 6.04. The van der Waals surface area contributed by atoms with E-state index >= 15 is 0 Å². The Hall–Kier alpha value is -2.81. The van der Waals surface area contributed by atoms with Gasteiger partial charge in [-0.3, -0.25) is 4.79 Å². The van der Waals surface area contributed by atoms with E-state index in [1.54, 1.807) is 29.2 Å². The molecular weight excluding hydrogens is 382 g/mol. The van der Waals surface area contributed by atoms with Gasteiger partial charge in [-0.15, -0.1) is 10.2 Å². The highest BCUT2D eigenvalue weighted by Gasteiger charge is 2.34. The molecular formula is C17H13ClF2N4O3. The average molecular weight is 395 g/mol. The van der Waals surface area contributed by atoms with Crippen molar-refractivity contribution in [2.45, 2.75) is 25.8 Å². The molecule has 1 aliphatic rings. The van der Waals surface area contributed by atoms with Crippen molar-refractivity contribution >= 4 is 23.2 Å². The molecule has 0 spiro atoms. The summed E-state index contributed by atoms with van der Waals surface area (Å²) in [5.41, 5.74) is 0.754. The molecule has 3 aromatic rings. The Balaban J connectivity index is 1.58. The van der Waals surface area contributed by atoms with Crippen LogP contribution in [0.5, 0.6) is 0 Å². The summed E-state index contributed by atoms with van der Waals surface area (Å²) < 4.78 is 35.2. The van der Waals surface area contributed by atoms with Gasteiger partial charge in [0.05, 0.1) is 6.54 Å². The van der Waals surface area contributed by atoms with Crippen molar-refractivity contribution in [3.05, 3.63) is 47.0 Å². The first-order valence-corrected chi connectivity index (χ1v) is 8.53. The number of amides is 1. The van der Waals surface area contributed by atoms with E-state index in [4.69, 9.17) is 20.5 Å². The number of carbonyl (C=O) groups is 1. The molecule has 0 atom stereocenters. The summed E-state index contributed by atoms with van der Waals surface area (Å²) in [6.45, 7) is 0.110. The fraction of sp³-hybridized carbons (Fsp3) is 0.294. The molecule has 27 heavy (non-hydrogen) atoms. The predicted octanol–water partition coefficient (Wildman–Crippen LogP) is 4.26. The van der Waals surface area contributed by atoms with Crippen LogP contribution in [0, 0.1) is 5.92 Å². The predicted molar refractivity (Wildman–Crippen MR) is 90.1 cm³/mol. The molecule has 0 radical (unpaired) electrons. The van der Waals surface area contributed by atoms with E-state index in [2.05, 4.69) is 15.4 Å². The number of hydrogen-bond donors (Lipinski definition) is 0. The molecule has 2 aromatic heterocycles. The van der Waals surface area contributed by atoms with Crippen LogP contribution in [-0.2, 0) is 11.3 Å². The van der Waals surface area contributed by atoms with Crippen LogP contribution in [-0.4, -0.2) is 21.3 Å². The molecule has 7 nitrogen and oxygen atoms in total. The summed E-state index contributed by atoms with van der Waals surface area (Å²) in [5.74, 6) is -0.679. The molecule has 0 aliphatic heterocycles. The number of rotatable bonds is 6. The second-order valence-corrected chi connectivity index (χ2v) is 6.54. The number of aromatic nitrogens is 3. The number of halogens is 3. The minimum Gasteiger partial charge on any atom is -0.413 e. The Morgan fingerprint density at radius 2 is 2.11 bits per heavy atom. The van der Waals surface area contributed by atoms with E-state index in [1.807, 2.05) is 0 Å². The lowest BCUT2D eigenvalue weighted by molar-refractivity contribution is -0.120. The van der Waals surface area contributed by atoms with E-state index < -0.39 is 12.3 Å².